The number of alkyl halides is 3. The van der Waals surface area contributed by atoms with Gasteiger partial charge in [-0.1, -0.05) is 17.7 Å². The van der Waals surface area contributed by atoms with Gasteiger partial charge in [-0.05, 0) is 39.0 Å². The lowest BCUT2D eigenvalue weighted by Gasteiger charge is -2.22. The van der Waals surface area contributed by atoms with Gasteiger partial charge in [-0.25, -0.2) is 13.6 Å². The van der Waals surface area contributed by atoms with Crippen molar-refractivity contribution in [1.82, 2.24) is 4.90 Å². The van der Waals surface area contributed by atoms with Crippen LogP contribution < -0.4 is 15.4 Å². The molecule has 0 fully saturated rings. The number of rotatable bonds is 7. The molecule has 0 spiro atoms. The van der Waals surface area contributed by atoms with Crippen LogP contribution in [0, 0.1) is 11.6 Å². The van der Waals surface area contributed by atoms with Crippen LogP contribution in [0.1, 0.15) is 31.1 Å². The molecule has 3 amide bonds. The van der Waals surface area contributed by atoms with Gasteiger partial charge in [0.05, 0.1) is 22.0 Å². The van der Waals surface area contributed by atoms with Gasteiger partial charge in [0.2, 0.25) is 0 Å². The van der Waals surface area contributed by atoms with Gasteiger partial charge >= 0.3 is 12.2 Å². The fraction of sp³-hybridized carbons (Fsp3) is 0.333. The van der Waals surface area contributed by atoms with E-state index in [1.807, 2.05) is 0 Å². The van der Waals surface area contributed by atoms with E-state index in [1.54, 1.807) is 13.8 Å². The second-order valence-corrected chi connectivity index (χ2v) is 7.19. The maximum absolute atomic E-state index is 14.7. The topological polar surface area (TPSA) is 70.7 Å². The first kappa shape index (κ1) is 26.2. The van der Waals surface area contributed by atoms with Gasteiger partial charge in [-0.2, -0.15) is 13.2 Å². The summed E-state index contributed by atoms with van der Waals surface area (Å²) >= 11 is 5.85. The Morgan fingerprint density at radius 3 is 2.27 bits per heavy atom. The largest absolute Gasteiger partial charge is 0.480 e. The van der Waals surface area contributed by atoms with E-state index in [0.29, 0.717) is 26.1 Å². The lowest BCUT2D eigenvalue weighted by atomic mass is 10.1. The summed E-state index contributed by atoms with van der Waals surface area (Å²) in [7, 11) is 0. The van der Waals surface area contributed by atoms with Crippen molar-refractivity contribution in [3.05, 3.63) is 52.6 Å². The second-order valence-electron chi connectivity index (χ2n) is 6.78. The maximum Gasteiger partial charge on any atom is 0.425 e. The molecule has 0 heterocycles. The Kier molecular flexibility index (Phi) is 8.48. The first-order chi connectivity index (χ1) is 15.4. The third-order valence-corrected chi connectivity index (χ3v) is 4.89. The molecular formula is C21H21ClF5N3O3. The molecule has 0 radical (unpaired) electrons. The number of carbonyl (C=O) groups excluding carboxylic acids is 2. The van der Waals surface area contributed by atoms with Crippen LogP contribution in [-0.4, -0.2) is 42.2 Å². The molecule has 0 saturated carbocycles. The first-order valence-corrected chi connectivity index (χ1v) is 10.1. The number of halogens is 6. The van der Waals surface area contributed by atoms with Crippen LogP contribution in [0.2, 0.25) is 5.02 Å². The summed E-state index contributed by atoms with van der Waals surface area (Å²) in [5, 5.41) is 4.16. The highest BCUT2D eigenvalue weighted by molar-refractivity contribution is 6.34. The van der Waals surface area contributed by atoms with Crippen molar-refractivity contribution >= 4 is 34.9 Å². The van der Waals surface area contributed by atoms with Crippen molar-refractivity contribution in [2.45, 2.75) is 33.1 Å². The molecular weight excluding hydrogens is 473 g/mol. The summed E-state index contributed by atoms with van der Waals surface area (Å²) in [5.74, 6) is -3.88. The molecule has 0 aliphatic heterocycles. The van der Waals surface area contributed by atoms with E-state index >= 15 is 0 Å². The normalized spacial score (nSPS) is 12.2. The fourth-order valence-corrected chi connectivity index (χ4v) is 2.89. The number of carbonyl (C=O) groups is 2. The summed E-state index contributed by atoms with van der Waals surface area (Å²) in [6.07, 6.45) is -7.18. The minimum atomic E-state index is -4.80. The number of benzene rings is 2. The number of urea groups is 1. The van der Waals surface area contributed by atoms with E-state index < -0.39 is 58.5 Å². The average Bonchev–Trinajstić information content (AvgIpc) is 2.73. The Hall–Kier alpha value is -3.08. The quantitative estimate of drug-likeness (QED) is 0.460. The third-order valence-electron chi connectivity index (χ3n) is 4.57. The van der Waals surface area contributed by atoms with E-state index in [2.05, 4.69) is 10.6 Å². The van der Waals surface area contributed by atoms with Gasteiger partial charge in [-0.15, -0.1) is 0 Å². The molecule has 1 atom stereocenters. The van der Waals surface area contributed by atoms with Gasteiger partial charge in [0.25, 0.3) is 5.91 Å². The van der Waals surface area contributed by atoms with Crippen LogP contribution in [-0.2, 0) is 0 Å². The molecule has 0 bridgehead atoms. The van der Waals surface area contributed by atoms with Crippen LogP contribution in [0.4, 0.5) is 38.1 Å². The van der Waals surface area contributed by atoms with E-state index in [-0.39, 0.29) is 5.02 Å². The van der Waals surface area contributed by atoms with Gasteiger partial charge in [-0.3, -0.25) is 4.79 Å². The number of anilines is 2. The van der Waals surface area contributed by atoms with Crippen LogP contribution in [0.25, 0.3) is 0 Å². The molecule has 33 heavy (non-hydrogen) atoms. The number of hydrogen-bond donors (Lipinski definition) is 2. The van der Waals surface area contributed by atoms with E-state index in [4.69, 9.17) is 16.3 Å². The summed E-state index contributed by atoms with van der Waals surface area (Å²) in [4.78, 5) is 26.2. The summed E-state index contributed by atoms with van der Waals surface area (Å²) in [5.41, 5.74) is -1.61. The van der Waals surface area contributed by atoms with Crippen LogP contribution >= 0.6 is 11.6 Å². The minimum Gasteiger partial charge on any atom is -0.480 e. The van der Waals surface area contributed by atoms with Crippen molar-refractivity contribution in [3.8, 4) is 5.75 Å². The van der Waals surface area contributed by atoms with E-state index in [9.17, 15) is 31.5 Å². The van der Waals surface area contributed by atoms with Crippen molar-refractivity contribution in [2.75, 3.05) is 23.7 Å². The molecule has 0 aliphatic carbocycles. The smallest absolute Gasteiger partial charge is 0.425 e. The zero-order chi connectivity index (χ0) is 24.9. The molecule has 1 unspecified atom stereocenters. The number of para-hydroxylation sites is 1. The van der Waals surface area contributed by atoms with Crippen LogP contribution in [0.3, 0.4) is 0 Å². The van der Waals surface area contributed by atoms with Crippen LogP contribution in [0.5, 0.6) is 5.75 Å². The third kappa shape index (κ3) is 6.47. The Morgan fingerprint density at radius 2 is 1.73 bits per heavy atom. The van der Waals surface area contributed by atoms with E-state index in [0.717, 1.165) is 12.1 Å². The predicted octanol–water partition coefficient (Wildman–Crippen LogP) is 6.07. The molecule has 2 N–H and O–H groups in total. The van der Waals surface area contributed by atoms with Crippen molar-refractivity contribution in [2.24, 2.45) is 0 Å². The highest BCUT2D eigenvalue weighted by atomic mass is 35.5. The number of amides is 3. The lowest BCUT2D eigenvalue weighted by Crippen LogP contribution is -2.35. The standard InChI is InChI=1S/C21H21ClF5N3O3/c1-4-30(5-2)20(32)28-16-10-17(33-11(3)21(25,26)27)12(9-15(16)24)19(31)29-18-13(22)7-6-8-14(18)23/h6-11H,4-5H2,1-3H3,(H,28,32)(H,29,31). The number of nitrogens with zero attached hydrogens (tertiary/aromatic N) is 1. The van der Waals surface area contributed by atoms with Crippen molar-refractivity contribution in [3.63, 3.8) is 0 Å². The predicted molar refractivity (Wildman–Crippen MR) is 114 cm³/mol. The fourth-order valence-electron chi connectivity index (χ4n) is 2.68. The lowest BCUT2D eigenvalue weighted by molar-refractivity contribution is -0.189. The second kappa shape index (κ2) is 10.7. The molecule has 12 heteroatoms. The Balaban J connectivity index is 2.48. The van der Waals surface area contributed by atoms with Crippen molar-refractivity contribution < 1.29 is 36.3 Å². The summed E-state index contributed by atoms with van der Waals surface area (Å²) in [6, 6.07) is 4.19. The summed E-state index contributed by atoms with van der Waals surface area (Å²) in [6.45, 7) is 4.64. The van der Waals surface area contributed by atoms with Crippen LogP contribution in [0.15, 0.2) is 30.3 Å². The van der Waals surface area contributed by atoms with Gasteiger partial charge in [0.1, 0.15) is 17.4 Å². The highest BCUT2D eigenvalue weighted by Crippen LogP contribution is 2.33. The molecule has 2 aromatic carbocycles. The number of ether oxygens (including phenoxy) is 1. The zero-order valence-corrected chi connectivity index (χ0v) is 18.6. The number of nitrogens with one attached hydrogen (secondary N) is 2. The molecule has 2 aromatic rings. The van der Waals surface area contributed by atoms with Gasteiger partial charge in [0.15, 0.2) is 6.10 Å². The number of hydrogen-bond acceptors (Lipinski definition) is 3. The van der Waals surface area contributed by atoms with Gasteiger partial charge < -0.3 is 20.3 Å². The van der Waals surface area contributed by atoms with E-state index in [1.165, 1.54) is 17.0 Å². The minimum absolute atomic E-state index is 0.182. The highest BCUT2D eigenvalue weighted by Gasteiger charge is 2.39. The molecule has 2 rings (SSSR count). The SMILES string of the molecule is CCN(CC)C(=O)Nc1cc(OC(C)C(F)(F)F)c(C(=O)Nc2c(F)cccc2Cl)cc1F. The zero-order valence-electron chi connectivity index (χ0n) is 17.8. The molecule has 6 nitrogen and oxygen atoms in total. The molecule has 0 saturated heterocycles. The molecule has 180 valence electrons. The molecule has 0 aliphatic rings. The summed E-state index contributed by atoms with van der Waals surface area (Å²) < 4.78 is 72.8. The Bertz CT molecular complexity index is 1010. The first-order valence-electron chi connectivity index (χ1n) is 9.77. The Labute approximate surface area is 191 Å². The van der Waals surface area contributed by atoms with Crippen molar-refractivity contribution in [1.29, 1.82) is 0 Å². The molecule has 0 aromatic heterocycles. The monoisotopic (exact) mass is 493 g/mol. The Morgan fingerprint density at radius 1 is 1.09 bits per heavy atom. The van der Waals surface area contributed by atoms with Gasteiger partial charge in [0, 0.05) is 19.2 Å². The average molecular weight is 494 g/mol. The maximum atomic E-state index is 14.7.